The lowest BCUT2D eigenvalue weighted by atomic mass is 10.1. The molecule has 0 radical (unpaired) electrons. The van der Waals surface area contributed by atoms with Crippen LogP contribution in [0.2, 0.25) is 0 Å². The van der Waals surface area contributed by atoms with Crippen LogP contribution in [0.1, 0.15) is 22.8 Å². The van der Waals surface area contributed by atoms with Crippen molar-refractivity contribution in [2.75, 3.05) is 0 Å². The first-order valence-electron chi connectivity index (χ1n) is 6.10. The Kier molecular flexibility index (Phi) is 4.59. The predicted molar refractivity (Wildman–Crippen MR) is 83.6 cm³/mol. The molecule has 1 amide bonds. The summed E-state index contributed by atoms with van der Waals surface area (Å²) in [6, 6.07) is 10.9. The number of hydrogen-bond acceptors (Lipinski definition) is 4. The zero-order valence-electron chi connectivity index (χ0n) is 11.2. The molecule has 0 bridgehead atoms. The summed E-state index contributed by atoms with van der Waals surface area (Å²) in [6.07, 6.45) is 0. The molecule has 108 valence electrons. The second kappa shape index (κ2) is 6.41. The largest absolute Gasteiger partial charge is 0.508 e. The molecule has 0 fully saturated rings. The minimum atomic E-state index is -0.360. The number of carbonyl (C=O) groups excluding carboxylic acids is 1. The fourth-order valence-corrected chi connectivity index (χ4v) is 1.94. The molecule has 6 heteroatoms. The van der Waals surface area contributed by atoms with Gasteiger partial charge in [0, 0.05) is 15.6 Å². The Hall–Kier alpha value is -2.34. The number of amides is 1. The highest BCUT2D eigenvalue weighted by Crippen LogP contribution is 2.22. The quantitative estimate of drug-likeness (QED) is 0.453. The number of nitrogens with one attached hydrogen (secondary N) is 1. The van der Waals surface area contributed by atoms with Gasteiger partial charge in [-0.3, -0.25) is 4.79 Å². The number of hydrazone groups is 1. The molecule has 0 saturated heterocycles. The molecular formula is C15H13BrN2O3. The molecule has 2 aromatic carbocycles. The Bertz CT molecular complexity index is 697. The van der Waals surface area contributed by atoms with E-state index in [1.165, 1.54) is 18.2 Å². The van der Waals surface area contributed by atoms with Crippen LogP contribution in [0.3, 0.4) is 0 Å². The molecule has 0 aliphatic rings. The molecule has 0 aliphatic carbocycles. The summed E-state index contributed by atoms with van der Waals surface area (Å²) in [7, 11) is 0. The normalized spacial score (nSPS) is 11.2. The van der Waals surface area contributed by atoms with Crippen molar-refractivity contribution in [1.82, 2.24) is 5.43 Å². The van der Waals surface area contributed by atoms with Gasteiger partial charge in [0.05, 0.1) is 5.71 Å². The van der Waals surface area contributed by atoms with Gasteiger partial charge in [0.2, 0.25) is 0 Å². The predicted octanol–water partition coefficient (Wildman–Crippen LogP) is 3.01. The van der Waals surface area contributed by atoms with Crippen LogP contribution in [-0.2, 0) is 0 Å². The third kappa shape index (κ3) is 3.82. The lowest BCUT2D eigenvalue weighted by molar-refractivity contribution is 0.0955. The maximum absolute atomic E-state index is 11.9. The number of rotatable bonds is 3. The van der Waals surface area contributed by atoms with Gasteiger partial charge in [-0.1, -0.05) is 15.9 Å². The Morgan fingerprint density at radius 2 is 1.81 bits per heavy atom. The van der Waals surface area contributed by atoms with Gasteiger partial charge in [-0.05, 0) is 49.4 Å². The van der Waals surface area contributed by atoms with Crippen molar-refractivity contribution < 1.29 is 15.0 Å². The average Bonchev–Trinajstić information content (AvgIpc) is 2.47. The van der Waals surface area contributed by atoms with Gasteiger partial charge in [-0.15, -0.1) is 0 Å². The summed E-state index contributed by atoms with van der Waals surface area (Å²) < 4.78 is 0.878. The van der Waals surface area contributed by atoms with E-state index in [0.717, 1.165) is 4.47 Å². The average molecular weight is 349 g/mol. The first kappa shape index (κ1) is 15.1. The van der Waals surface area contributed by atoms with Crippen LogP contribution in [0.5, 0.6) is 11.5 Å². The number of halogens is 1. The van der Waals surface area contributed by atoms with E-state index in [2.05, 4.69) is 26.5 Å². The van der Waals surface area contributed by atoms with Gasteiger partial charge in [-0.25, -0.2) is 5.43 Å². The van der Waals surface area contributed by atoms with E-state index in [4.69, 9.17) is 0 Å². The summed E-state index contributed by atoms with van der Waals surface area (Å²) in [5.74, 6) is -0.370. The molecule has 0 aliphatic heterocycles. The number of nitrogens with zero attached hydrogens (tertiary/aromatic N) is 1. The van der Waals surface area contributed by atoms with Crippen LogP contribution in [-0.4, -0.2) is 21.8 Å². The van der Waals surface area contributed by atoms with Gasteiger partial charge < -0.3 is 10.2 Å². The summed E-state index contributed by atoms with van der Waals surface area (Å²) >= 11 is 3.29. The van der Waals surface area contributed by atoms with Gasteiger partial charge in [0.1, 0.15) is 11.5 Å². The van der Waals surface area contributed by atoms with E-state index in [0.29, 0.717) is 16.8 Å². The number of phenols is 2. The SMILES string of the molecule is C/C(=N/NC(=O)c1ccc(Br)cc1)c1cc(O)ccc1O. The summed E-state index contributed by atoms with van der Waals surface area (Å²) in [5.41, 5.74) is 3.61. The van der Waals surface area contributed by atoms with Crippen LogP contribution < -0.4 is 5.43 Å². The first-order chi connectivity index (χ1) is 9.97. The number of benzene rings is 2. The van der Waals surface area contributed by atoms with Crippen molar-refractivity contribution in [2.24, 2.45) is 5.10 Å². The molecule has 0 heterocycles. The van der Waals surface area contributed by atoms with Crippen molar-refractivity contribution >= 4 is 27.5 Å². The molecule has 3 N–H and O–H groups in total. The molecular weight excluding hydrogens is 336 g/mol. The van der Waals surface area contributed by atoms with Crippen LogP contribution >= 0.6 is 15.9 Å². The molecule has 0 saturated carbocycles. The van der Waals surface area contributed by atoms with Crippen molar-refractivity contribution in [3.63, 3.8) is 0 Å². The van der Waals surface area contributed by atoms with E-state index >= 15 is 0 Å². The van der Waals surface area contributed by atoms with Gasteiger partial charge in [-0.2, -0.15) is 5.10 Å². The molecule has 0 atom stereocenters. The number of phenolic OH excluding ortho intramolecular Hbond substituents is 2. The number of carbonyl (C=O) groups is 1. The zero-order chi connectivity index (χ0) is 15.4. The Labute approximate surface area is 130 Å². The third-order valence-corrected chi connectivity index (χ3v) is 3.33. The molecule has 2 aromatic rings. The molecule has 0 spiro atoms. The van der Waals surface area contributed by atoms with E-state index in [1.807, 2.05) is 0 Å². The van der Waals surface area contributed by atoms with Crippen LogP contribution in [0, 0.1) is 0 Å². The third-order valence-electron chi connectivity index (χ3n) is 2.80. The Morgan fingerprint density at radius 3 is 2.48 bits per heavy atom. The Balaban J connectivity index is 2.14. The van der Waals surface area contributed by atoms with Crippen LogP contribution in [0.4, 0.5) is 0 Å². The first-order valence-corrected chi connectivity index (χ1v) is 6.89. The maximum Gasteiger partial charge on any atom is 0.271 e. The molecule has 21 heavy (non-hydrogen) atoms. The summed E-state index contributed by atoms with van der Waals surface area (Å²) in [5, 5.41) is 23.0. The molecule has 0 unspecified atom stereocenters. The molecule has 2 rings (SSSR count). The van der Waals surface area contributed by atoms with Crippen molar-refractivity contribution in [3.8, 4) is 11.5 Å². The van der Waals surface area contributed by atoms with Crippen LogP contribution in [0.15, 0.2) is 52.0 Å². The van der Waals surface area contributed by atoms with Crippen molar-refractivity contribution in [1.29, 1.82) is 0 Å². The topological polar surface area (TPSA) is 81.9 Å². The zero-order valence-corrected chi connectivity index (χ0v) is 12.8. The summed E-state index contributed by atoms with van der Waals surface area (Å²) in [4.78, 5) is 11.9. The Morgan fingerprint density at radius 1 is 1.14 bits per heavy atom. The monoisotopic (exact) mass is 348 g/mol. The van der Waals surface area contributed by atoms with Gasteiger partial charge in [0.15, 0.2) is 0 Å². The van der Waals surface area contributed by atoms with Crippen LogP contribution in [0.25, 0.3) is 0 Å². The van der Waals surface area contributed by atoms with E-state index in [9.17, 15) is 15.0 Å². The van der Waals surface area contributed by atoms with Crippen molar-refractivity contribution in [2.45, 2.75) is 6.92 Å². The van der Waals surface area contributed by atoms with Gasteiger partial charge in [0.25, 0.3) is 5.91 Å². The second-order valence-corrected chi connectivity index (χ2v) is 5.26. The minimum Gasteiger partial charge on any atom is -0.508 e. The fraction of sp³-hybridized carbons (Fsp3) is 0.0667. The summed E-state index contributed by atoms with van der Waals surface area (Å²) in [6.45, 7) is 1.62. The smallest absolute Gasteiger partial charge is 0.271 e. The fourth-order valence-electron chi connectivity index (χ4n) is 1.67. The van der Waals surface area contributed by atoms with E-state index in [-0.39, 0.29) is 17.4 Å². The molecule has 5 nitrogen and oxygen atoms in total. The van der Waals surface area contributed by atoms with E-state index in [1.54, 1.807) is 31.2 Å². The highest BCUT2D eigenvalue weighted by Gasteiger charge is 2.08. The highest BCUT2D eigenvalue weighted by molar-refractivity contribution is 9.10. The highest BCUT2D eigenvalue weighted by atomic mass is 79.9. The van der Waals surface area contributed by atoms with E-state index < -0.39 is 0 Å². The standard InChI is InChI=1S/C15H13BrN2O3/c1-9(13-8-12(19)6-7-14(13)20)17-18-15(21)10-2-4-11(16)5-3-10/h2-8,19-20H,1H3,(H,18,21)/b17-9-. The second-order valence-electron chi connectivity index (χ2n) is 4.35. The minimum absolute atomic E-state index is 0.0107. The number of hydrogen-bond donors (Lipinski definition) is 3. The van der Waals surface area contributed by atoms with Crippen molar-refractivity contribution in [3.05, 3.63) is 58.1 Å². The lowest BCUT2D eigenvalue weighted by Gasteiger charge is -2.06. The van der Waals surface area contributed by atoms with Gasteiger partial charge >= 0.3 is 0 Å². The maximum atomic E-state index is 11.9. The number of aromatic hydroxyl groups is 2. The molecule has 0 aromatic heterocycles. The lowest BCUT2D eigenvalue weighted by Crippen LogP contribution is -2.19.